The van der Waals surface area contributed by atoms with Crippen LogP contribution in [0.2, 0.25) is 10.0 Å². The van der Waals surface area contributed by atoms with Crippen molar-refractivity contribution in [1.82, 2.24) is 0 Å². The van der Waals surface area contributed by atoms with Gasteiger partial charge in [0.15, 0.2) is 0 Å². The maximum absolute atomic E-state index is 12.7. The van der Waals surface area contributed by atoms with Crippen LogP contribution in [0.15, 0.2) is 18.2 Å². The zero-order chi connectivity index (χ0) is 21.9. The van der Waals surface area contributed by atoms with Crippen molar-refractivity contribution in [3.8, 4) is 0 Å². The average Bonchev–Trinajstić information content (AvgIpc) is 2.89. The molecule has 0 bridgehead atoms. The zero-order valence-corrected chi connectivity index (χ0v) is 18.9. The lowest BCUT2D eigenvalue weighted by Crippen LogP contribution is -2.17. The summed E-state index contributed by atoms with van der Waals surface area (Å²) in [5.74, 6) is -1.77. The van der Waals surface area contributed by atoms with Crippen LogP contribution in [0.25, 0.3) is 0 Å². The van der Waals surface area contributed by atoms with Gasteiger partial charge in [0.2, 0.25) is 0 Å². The van der Waals surface area contributed by atoms with Crippen LogP contribution < -0.4 is 5.32 Å². The number of benzene rings is 1. The molecule has 2 aromatic rings. The van der Waals surface area contributed by atoms with E-state index in [-0.39, 0.29) is 38.2 Å². The van der Waals surface area contributed by atoms with Crippen LogP contribution in [0.1, 0.15) is 63.6 Å². The first kappa shape index (κ1) is 23.2. The number of amides is 1. The second-order valence-corrected chi connectivity index (χ2v) is 8.61. The van der Waals surface area contributed by atoms with Gasteiger partial charge >= 0.3 is 11.9 Å². The molecule has 0 fully saturated rings. The summed E-state index contributed by atoms with van der Waals surface area (Å²) in [5.41, 5.74) is 0.665. The highest BCUT2D eigenvalue weighted by molar-refractivity contribution is 7.18. The van der Waals surface area contributed by atoms with Gasteiger partial charge in [0, 0.05) is 5.02 Å². The molecule has 0 atom stereocenters. The van der Waals surface area contributed by atoms with E-state index in [1.807, 2.05) is 0 Å². The normalized spacial score (nSPS) is 10.9. The summed E-state index contributed by atoms with van der Waals surface area (Å²) >= 11 is 12.9. The zero-order valence-electron chi connectivity index (χ0n) is 16.6. The molecule has 0 spiro atoms. The maximum atomic E-state index is 12.7. The molecule has 0 saturated carbocycles. The first-order chi connectivity index (χ1) is 13.5. The Morgan fingerprint density at radius 2 is 1.59 bits per heavy atom. The third kappa shape index (κ3) is 5.72. The van der Waals surface area contributed by atoms with Crippen molar-refractivity contribution in [2.45, 2.75) is 46.8 Å². The Balaban J connectivity index is 2.46. The summed E-state index contributed by atoms with van der Waals surface area (Å²) < 4.78 is 10.5. The topological polar surface area (TPSA) is 81.7 Å². The summed E-state index contributed by atoms with van der Waals surface area (Å²) in [7, 11) is 0. The summed E-state index contributed by atoms with van der Waals surface area (Å²) in [6.45, 7) is 8.47. The molecule has 0 saturated heterocycles. The quantitative estimate of drug-likeness (QED) is 0.558. The van der Waals surface area contributed by atoms with E-state index >= 15 is 0 Å². The predicted octanol–water partition coefficient (Wildman–Crippen LogP) is 5.75. The number of carbonyl (C=O) groups excluding carboxylic acids is 3. The summed E-state index contributed by atoms with van der Waals surface area (Å²) in [6.07, 6.45) is -0.705. The standard InChI is InChI=1S/C20H21Cl2NO5S/c1-9(2)27-19(25)15-11(5)16(20(26)28-10(3)4)29-18(15)23-17(24)13-7-6-12(21)8-14(13)22/h6-10H,1-5H3,(H,23,24). The molecular formula is C20H21Cl2NO5S. The van der Waals surface area contributed by atoms with E-state index < -0.39 is 17.8 Å². The first-order valence-electron chi connectivity index (χ1n) is 8.83. The minimum absolute atomic E-state index is 0.109. The number of ether oxygens (including phenoxy) is 2. The van der Waals surface area contributed by atoms with Gasteiger partial charge in [-0.25, -0.2) is 9.59 Å². The Bertz CT molecular complexity index is 953. The minimum Gasteiger partial charge on any atom is -0.459 e. The number of halogens is 2. The lowest BCUT2D eigenvalue weighted by Gasteiger charge is -2.11. The van der Waals surface area contributed by atoms with E-state index in [0.29, 0.717) is 10.6 Å². The van der Waals surface area contributed by atoms with E-state index in [9.17, 15) is 14.4 Å². The van der Waals surface area contributed by atoms with Crippen molar-refractivity contribution in [3.05, 3.63) is 49.8 Å². The van der Waals surface area contributed by atoms with Gasteiger partial charge in [-0.15, -0.1) is 11.3 Å². The van der Waals surface area contributed by atoms with Gasteiger partial charge in [-0.3, -0.25) is 4.79 Å². The average molecular weight is 458 g/mol. The maximum Gasteiger partial charge on any atom is 0.348 e. The molecule has 1 aromatic carbocycles. The number of nitrogens with one attached hydrogen (secondary N) is 1. The molecule has 0 radical (unpaired) electrons. The number of thiophene rings is 1. The van der Waals surface area contributed by atoms with Crippen molar-refractivity contribution in [1.29, 1.82) is 0 Å². The molecule has 9 heteroatoms. The van der Waals surface area contributed by atoms with E-state index in [1.54, 1.807) is 34.6 Å². The SMILES string of the molecule is Cc1c(C(=O)OC(C)C)sc(NC(=O)c2ccc(Cl)cc2Cl)c1C(=O)OC(C)C. The largest absolute Gasteiger partial charge is 0.459 e. The number of esters is 2. The smallest absolute Gasteiger partial charge is 0.348 e. The Morgan fingerprint density at radius 1 is 1.00 bits per heavy atom. The predicted molar refractivity (Wildman–Crippen MR) is 115 cm³/mol. The van der Waals surface area contributed by atoms with Gasteiger partial charge in [0.05, 0.1) is 28.4 Å². The van der Waals surface area contributed by atoms with Crippen LogP contribution in [0, 0.1) is 6.92 Å². The molecule has 1 aromatic heterocycles. The second kappa shape index (κ2) is 9.61. The molecular weight excluding hydrogens is 437 g/mol. The molecule has 0 unspecified atom stereocenters. The van der Waals surface area contributed by atoms with Gasteiger partial charge in [-0.2, -0.15) is 0 Å². The number of anilines is 1. The number of carbonyl (C=O) groups is 3. The molecule has 2 rings (SSSR count). The summed E-state index contributed by atoms with van der Waals surface area (Å²) in [5, 5.41) is 3.38. The lowest BCUT2D eigenvalue weighted by molar-refractivity contribution is 0.0378. The third-order valence-corrected chi connectivity index (χ3v) is 5.36. The second-order valence-electron chi connectivity index (χ2n) is 6.75. The van der Waals surface area contributed by atoms with Gasteiger partial charge in [-0.1, -0.05) is 23.2 Å². The molecule has 0 aliphatic rings. The van der Waals surface area contributed by atoms with Crippen LogP contribution in [0.3, 0.4) is 0 Å². The summed E-state index contributed by atoms with van der Waals surface area (Å²) in [4.78, 5) is 38.0. The Labute approximate surface area is 183 Å². The van der Waals surface area contributed by atoms with Gasteiger partial charge in [0.25, 0.3) is 5.91 Å². The molecule has 6 nitrogen and oxygen atoms in total. The van der Waals surface area contributed by atoms with E-state index in [2.05, 4.69) is 5.32 Å². The highest BCUT2D eigenvalue weighted by atomic mass is 35.5. The molecule has 1 N–H and O–H groups in total. The highest BCUT2D eigenvalue weighted by Gasteiger charge is 2.28. The Kier molecular flexibility index (Phi) is 7.68. The molecule has 1 heterocycles. The van der Waals surface area contributed by atoms with Crippen molar-refractivity contribution >= 4 is 57.4 Å². The molecule has 156 valence electrons. The molecule has 0 aliphatic heterocycles. The lowest BCUT2D eigenvalue weighted by atomic mass is 10.1. The fourth-order valence-corrected chi connectivity index (χ4v) is 3.99. The number of hydrogen-bond acceptors (Lipinski definition) is 6. The van der Waals surface area contributed by atoms with E-state index in [0.717, 1.165) is 11.3 Å². The number of rotatable bonds is 6. The molecule has 29 heavy (non-hydrogen) atoms. The van der Waals surface area contributed by atoms with Crippen LogP contribution in [0.5, 0.6) is 0 Å². The van der Waals surface area contributed by atoms with E-state index in [1.165, 1.54) is 18.2 Å². The van der Waals surface area contributed by atoms with Crippen LogP contribution in [-0.4, -0.2) is 30.1 Å². The first-order valence-corrected chi connectivity index (χ1v) is 10.4. The van der Waals surface area contributed by atoms with E-state index in [4.69, 9.17) is 32.7 Å². The third-order valence-electron chi connectivity index (χ3n) is 3.62. The van der Waals surface area contributed by atoms with Gasteiger partial charge < -0.3 is 14.8 Å². The van der Waals surface area contributed by atoms with Gasteiger partial charge in [0.1, 0.15) is 9.88 Å². The van der Waals surface area contributed by atoms with Gasteiger partial charge in [-0.05, 0) is 58.4 Å². The molecule has 0 aliphatic carbocycles. The Morgan fingerprint density at radius 3 is 2.14 bits per heavy atom. The van der Waals surface area contributed by atoms with Crippen molar-refractivity contribution < 1.29 is 23.9 Å². The van der Waals surface area contributed by atoms with Crippen LogP contribution in [0.4, 0.5) is 5.00 Å². The van der Waals surface area contributed by atoms with Crippen LogP contribution in [-0.2, 0) is 9.47 Å². The summed E-state index contributed by atoms with van der Waals surface area (Å²) in [6, 6.07) is 4.44. The Hall–Kier alpha value is -2.09. The number of hydrogen-bond donors (Lipinski definition) is 1. The minimum atomic E-state index is -0.644. The van der Waals surface area contributed by atoms with Crippen molar-refractivity contribution in [2.75, 3.05) is 5.32 Å². The highest BCUT2D eigenvalue weighted by Crippen LogP contribution is 2.35. The monoisotopic (exact) mass is 457 g/mol. The molecule has 1 amide bonds. The van der Waals surface area contributed by atoms with Crippen LogP contribution >= 0.6 is 34.5 Å². The van der Waals surface area contributed by atoms with Crippen molar-refractivity contribution in [2.24, 2.45) is 0 Å². The fourth-order valence-electron chi connectivity index (χ4n) is 2.43. The van der Waals surface area contributed by atoms with Crippen molar-refractivity contribution in [3.63, 3.8) is 0 Å². The fraction of sp³-hybridized carbons (Fsp3) is 0.350.